The molecule has 11 heavy (non-hydrogen) atoms. The van der Waals surface area contributed by atoms with Crippen LogP contribution in [0, 0.1) is 0 Å². The number of hydrogen-bond donors (Lipinski definition) is 0. The van der Waals surface area contributed by atoms with Crippen molar-refractivity contribution in [2.45, 2.75) is 38.3 Å². The second kappa shape index (κ2) is 3.54. The van der Waals surface area contributed by atoms with Crippen LogP contribution in [0.1, 0.15) is 26.7 Å². The highest BCUT2D eigenvalue weighted by atomic mass is 28.4. The van der Waals surface area contributed by atoms with E-state index >= 15 is 0 Å². The molecule has 1 atom stereocenters. The molecule has 0 spiro atoms. The summed E-state index contributed by atoms with van der Waals surface area (Å²) in [5.41, 5.74) is 2.82. The third-order valence-corrected chi connectivity index (χ3v) is 7.18. The van der Waals surface area contributed by atoms with E-state index in [2.05, 4.69) is 26.1 Å². The highest BCUT2D eigenvalue weighted by Gasteiger charge is 2.36. The zero-order valence-electron chi connectivity index (χ0n) is 7.60. The first-order valence-corrected chi connectivity index (χ1v) is 6.76. The second-order valence-electron chi connectivity index (χ2n) is 3.62. The Morgan fingerprint density at radius 3 is 2.45 bits per heavy atom. The molecule has 0 bridgehead atoms. The van der Waals surface area contributed by atoms with Gasteiger partial charge in [-0.3, -0.25) is 0 Å². The van der Waals surface area contributed by atoms with Gasteiger partial charge in [-0.15, -0.1) is 6.58 Å². The summed E-state index contributed by atoms with van der Waals surface area (Å²) < 4.78 is 5.90. The summed E-state index contributed by atoms with van der Waals surface area (Å²) in [6.07, 6.45) is 2.59. The molecular formula is C9H18OSi. The van der Waals surface area contributed by atoms with Crippen molar-refractivity contribution in [3.63, 3.8) is 0 Å². The largest absolute Gasteiger partial charge is 0.413 e. The van der Waals surface area contributed by atoms with Gasteiger partial charge in [0.05, 0.1) is 0 Å². The van der Waals surface area contributed by atoms with Gasteiger partial charge in [-0.05, 0) is 18.0 Å². The van der Waals surface area contributed by atoms with E-state index in [1.54, 1.807) is 0 Å². The standard InChI is InChI=1S/C9H18OSi/c1-4-11(9(2)3)8-6-5-7-10-11/h4,9H,1,5-8H2,2-3H3. The van der Waals surface area contributed by atoms with Gasteiger partial charge < -0.3 is 4.43 Å². The Kier molecular flexibility index (Phi) is 2.90. The van der Waals surface area contributed by atoms with Crippen LogP contribution in [0.25, 0.3) is 0 Å². The molecule has 0 aromatic heterocycles. The molecule has 0 aliphatic carbocycles. The molecule has 1 fully saturated rings. The third kappa shape index (κ3) is 1.74. The fourth-order valence-electron chi connectivity index (χ4n) is 1.69. The van der Waals surface area contributed by atoms with Crippen LogP contribution in [0.2, 0.25) is 11.6 Å². The molecule has 0 N–H and O–H groups in total. The van der Waals surface area contributed by atoms with E-state index in [4.69, 9.17) is 4.43 Å². The van der Waals surface area contributed by atoms with E-state index in [-0.39, 0.29) is 0 Å². The van der Waals surface area contributed by atoms with E-state index in [1.165, 1.54) is 18.9 Å². The predicted octanol–water partition coefficient (Wildman–Crippen LogP) is 2.88. The Morgan fingerprint density at radius 2 is 2.18 bits per heavy atom. The summed E-state index contributed by atoms with van der Waals surface area (Å²) in [7, 11) is -1.47. The average molecular weight is 170 g/mol. The van der Waals surface area contributed by atoms with Crippen LogP contribution in [0.15, 0.2) is 12.3 Å². The normalized spacial score (nSPS) is 32.3. The SMILES string of the molecule is C=C[Si]1(C(C)C)CCCCO1. The second-order valence-corrected chi connectivity index (χ2v) is 7.88. The molecule has 1 rings (SSSR count). The summed E-state index contributed by atoms with van der Waals surface area (Å²) in [5.74, 6) is 0. The minimum absolute atomic E-state index is 0.695. The smallest absolute Gasteiger partial charge is 0.219 e. The summed E-state index contributed by atoms with van der Waals surface area (Å²) in [5, 5.41) is 0. The fourth-order valence-corrected chi connectivity index (χ4v) is 4.87. The van der Waals surface area contributed by atoms with Gasteiger partial charge >= 0.3 is 0 Å². The molecule has 64 valence electrons. The first-order chi connectivity index (χ1) is 5.21. The molecule has 1 aliphatic rings. The first-order valence-electron chi connectivity index (χ1n) is 4.49. The van der Waals surface area contributed by atoms with Crippen molar-refractivity contribution in [1.82, 2.24) is 0 Å². The third-order valence-electron chi connectivity index (χ3n) is 2.66. The minimum Gasteiger partial charge on any atom is -0.413 e. The average Bonchev–Trinajstić information content (AvgIpc) is 2.05. The maximum absolute atomic E-state index is 5.90. The lowest BCUT2D eigenvalue weighted by Gasteiger charge is -2.35. The van der Waals surface area contributed by atoms with Crippen molar-refractivity contribution >= 4 is 8.32 Å². The lowest BCUT2D eigenvalue weighted by Crippen LogP contribution is -2.42. The van der Waals surface area contributed by atoms with E-state index in [0.29, 0.717) is 5.54 Å². The molecule has 2 heteroatoms. The predicted molar refractivity (Wildman–Crippen MR) is 51.0 cm³/mol. The van der Waals surface area contributed by atoms with Crippen LogP contribution in [0.5, 0.6) is 0 Å². The van der Waals surface area contributed by atoms with Crippen molar-refractivity contribution in [3.8, 4) is 0 Å². The zero-order chi connectivity index (χ0) is 8.32. The number of hydrogen-bond acceptors (Lipinski definition) is 1. The summed E-state index contributed by atoms with van der Waals surface area (Å²) in [6.45, 7) is 9.41. The topological polar surface area (TPSA) is 9.23 Å². The van der Waals surface area contributed by atoms with E-state index in [9.17, 15) is 0 Å². The molecule has 1 aliphatic heterocycles. The van der Waals surface area contributed by atoms with Crippen LogP contribution >= 0.6 is 0 Å². The summed E-state index contributed by atoms with van der Waals surface area (Å²) >= 11 is 0. The molecule has 1 unspecified atom stereocenters. The molecular weight excluding hydrogens is 152 g/mol. The Morgan fingerprint density at radius 1 is 1.45 bits per heavy atom. The lowest BCUT2D eigenvalue weighted by molar-refractivity contribution is 0.268. The lowest BCUT2D eigenvalue weighted by atomic mass is 10.4. The van der Waals surface area contributed by atoms with Gasteiger partial charge in [-0.2, -0.15) is 0 Å². The highest BCUT2D eigenvalue weighted by molar-refractivity contribution is 6.80. The van der Waals surface area contributed by atoms with Crippen molar-refractivity contribution in [2.75, 3.05) is 6.61 Å². The molecule has 0 radical (unpaired) electrons. The van der Waals surface area contributed by atoms with Gasteiger partial charge in [0.1, 0.15) is 0 Å². The molecule has 0 amide bonds. The van der Waals surface area contributed by atoms with Crippen LogP contribution in [-0.2, 0) is 4.43 Å². The van der Waals surface area contributed by atoms with Crippen molar-refractivity contribution < 1.29 is 4.43 Å². The first kappa shape index (κ1) is 9.01. The maximum atomic E-state index is 5.90. The highest BCUT2D eigenvalue weighted by Crippen LogP contribution is 2.32. The van der Waals surface area contributed by atoms with Gasteiger partial charge in [0, 0.05) is 6.61 Å². The Balaban J connectivity index is 2.64. The Hall–Kier alpha value is -0.0831. The van der Waals surface area contributed by atoms with Crippen molar-refractivity contribution in [1.29, 1.82) is 0 Å². The number of rotatable bonds is 2. The van der Waals surface area contributed by atoms with E-state index in [1.807, 2.05) is 0 Å². The van der Waals surface area contributed by atoms with Gasteiger partial charge in [-0.25, -0.2) is 0 Å². The van der Waals surface area contributed by atoms with Gasteiger partial charge in [0.15, 0.2) is 0 Å². The monoisotopic (exact) mass is 170 g/mol. The molecule has 0 aromatic carbocycles. The van der Waals surface area contributed by atoms with Crippen LogP contribution in [0.4, 0.5) is 0 Å². The molecule has 1 heterocycles. The van der Waals surface area contributed by atoms with E-state index in [0.717, 1.165) is 6.61 Å². The van der Waals surface area contributed by atoms with Crippen LogP contribution in [-0.4, -0.2) is 14.9 Å². The molecule has 1 nitrogen and oxygen atoms in total. The maximum Gasteiger partial charge on any atom is 0.219 e. The van der Waals surface area contributed by atoms with Crippen LogP contribution in [0.3, 0.4) is 0 Å². The summed E-state index contributed by atoms with van der Waals surface area (Å²) in [4.78, 5) is 0. The quantitative estimate of drug-likeness (QED) is 0.579. The Bertz CT molecular complexity index is 136. The van der Waals surface area contributed by atoms with Crippen LogP contribution < -0.4 is 0 Å². The van der Waals surface area contributed by atoms with Gasteiger partial charge in [0.25, 0.3) is 0 Å². The molecule has 0 saturated carbocycles. The molecule has 0 aromatic rings. The summed E-state index contributed by atoms with van der Waals surface area (Å²) in [6, 6.07) is 1.29. The van der Waals surface area contributed by atoms with Gasteiger partial charge in [0.2, 0.25) is 8.32 Å². The molecule has 1 saturated heterocycles. The minimum atomic E-state index is -1.47. The fraction of sp³-hybridized carbons (Fsp3) is 0.778. The van der Waals surface area contributed by atoms with Crippen molar-refractivity contribution in [2.24, 2.45) is 0 Å². The Labute approximate surface area is 70.6 Å². The van der Waals surface area contributed by atoms with E-state index < -0.39 is 8.32 Å². The van der Waals surface area contributed by atoms with Gasteiger partial charge in [-0.1, -0.05) is 26.0 Å². The van der Waals surface area contributed by atoms with Crippen molar-refractivity contribution in [3.05, 3.63) is 12.3 Å². The zero-order valence-corrected chi connectivity index (χ0v) is 8.60.